The first-order chi connectivity index (χ1) is 18.2. The van der Waals surface area contributed by atoms with E-state index < -0.39 is 5.41 Å². The van der Waals surface area contributed by atoms with E-state index in [2.05, 4.69) is 21.4 Å². The highest BCUT2D eigenvalue weighted by Crippen LogP contribution is 2.30. The number of nitrogens with zero attached hydrogens (tertiary/aromatic N) is 5. The number of benzene rings is 2. The third kappa shape index (κ3) is 4.24. The number of carbonyl (C=O) groups excluding carboxylic acids is 1. The van der Waals surface area contributed by atoms with E-state index in [1.165, 1.54) is 6.08 Å². The summed E-state index contributed by atoms with van der Waals surface area (Å²) in [5.74, 6) is 0.222. The Morgan fingerprint density at radius 3 is 2.42 bits per heavy atom. The zero-order valence-corrected chi connectivity index (χ0v) is 21.6. The fourth-order valence-corrected chi connectivity index (χ4v) is 4.47. The van der Waals surface area contributed by atoms with Crippen LogP contribution < -0.4 is 11.0 Å². The van der Waals surface area contributed by atoms with Gasteiger partial charge in [0.15, 0.2) is 0 Å². The molecule has 0 unspecified atom stereocenters. The predicted octanol–water partition coefficient (Wildman–Crippen LogP) is 5.26. The second-order valence-electron chi connectivity index (χ2n) is 9.61. The molecule has 0 aliphatic heterocycles. The van der Waals surface area contributed by atoms with Crippen LogP contribution in [0.4, 0.5) is 5.82 Å². The molecule has 5 rings (SSSR count). The van der Waals surface area contributed by atoms with E-state index in [0.29, 0.717) is 17.0 Å². The largest absolute Gasteiger partial charge is 0.333 e. The second-order valence-corrected chi connectivity index (χ2v) is 9.61. The SMILES string of the molecule is C/C=C/C(=O)Nc1ccc(-c2ccc3ncc4c(c3c2)n(-c2ccc(C(C)(C)C#N)cc2)c(=O)n4C)cn1. The number of fused-ring (bicyclic) bond motifs is 3. The molecule has 0 aliphatic rings. The van der Waals surface area contributed by atoms with Crippen LogP contribution in [0.15, 0.2) is 83.9 Å². The zero-order chi connectivity index (χ0) is 27.0. The van der Waals surface area contributed by atoms with Crippen LogP contribution in [-0.4, -0.2) is 25.0 Å². The third-order valence-electron chi connectivity index (χ3n) is 6.68. The van der Waals surface area contributed by atoms with E-state index in [0.717, 1.165) is 33.1 Å². The summed E-state index contributed by atoms with van der Waals surface area (Å²) in [5, 5.41) is 13.0. The Kier molecular flexibility index (Phi) is 6.13. The number of pyridine rings is 2. The molecule has 0 spiro atoms. The van der Waals surface area contributed by atoms with Gasteiger partial charge in [-0.15, -0.1) is 0 Å². The summed E-state index contributed by atoms with van der Waals surface area (Å²) in [6.07, 6.45) is 6.52. The molecule has 0 radical (unpaired) electrons. The van der Waals surface area contributed by atoms with Crippen molar-refractivity contribution in [2.24, 2.45) is 7.05 Å². The molecule has 8 heteroatoms. The summed E-state index contributed by atoms with van der Waals surface area (Å²) < 4.78 is 3.27. The number of carbonyl (C=O) groups is 1. The summed E-state index contributed by atoms with van der Waals surface area (Å²) in [6.45, 7) is 5.51. The van der Waals surface area contributed by atoms with Crippen molar-refractivity contribution in [1.29, 1.82) is 5.26 Å². The molecule has 1 N–H and O–H groups in total. The Hall–Kier alpha value is -5.03. The number of hydrogen-bond donors (Lipinski definition) is 1. The molecule has 0 saturated carbocycles. The van der Waals surface area contributed by atoms with Gasteiger partial charge in [-0.25, -0.2) is 9.78 Å². The second kappa shape index (κ2) is 9.45. The molecule has 0 atom stereocenters. The van der Waals surface area contributed by atoms with Crippen LogP contribution in [0.25, 0.3) is 38.8 Å². The van der Waals surface area contributed by atoms with E-state index in [4.69, 9.17) is 0 Å². The summed E-state index contributed by atoms with van der Waals surface area (Å²) in [6, 6.07) is 19.4. The number of anilines is 1. The Morgan fingerprint density at radius 1 is 1.03 bits per heavy atom. The van der Waals surface area contributed by atoms with E-state index in [9.17, 15) is 14.9 Å². The topological polar surface area (TPSA) is 106 Å². The highest BCUT2D eigenvalue weighted by atomic mass is 16.2. The van der Waals surface area contributed by atoms with Crippen molar-refractivity contribution in [3.63, 3.8) is 0 Å². The molecule has 3 aromatic heterocycles. The fraction of sp³-hybridized carbons (Fsp3) is 0.167. The van der Waals surface area contributed by atoms with Gasteiger partial charge in [-0.05, 0) is 74.4 Å². The highest BCUT2D eigenvalue weighted by molar-refractivity contribution is 6.04. The molecule has 1 amide bonds. The van der Waals surface area contributed by atoms with Crippen molar-refractivity contribution in [3.8, 4) is 22.9 Å². The molecule has 188 valence electrons. The van der Waals surface area contributed by atoms with Gasteiger partial charge in [-0.3, -0.25) is 18.9 Å². The molecule has 0 saturated heterocycles. The zero-order valence-electron chi connectivity index (χ0n) is 21.6. The minimum Gasteiger partial charge on any atom is -0.307 e. The maximum atomic E-state index is 13.4. The first-order valence-corrected chi connectivity index (χ1v) is 12.2. The normalized spacial score (nSPS) is 11.8. The number of imidazole rings is 1. The van der Waals surface area contributed by atoms with Crippen LogP contribution in [0.1, 0.15) is 26.3 Å². The minimum atomic E-state index is -0.632. The lowest BCUT2D eigenvalue weighted by atomic mass is 9.86. The van der Waals surface area contributed by atoms with Gasteiger partial charge in [0.05, 0.1) is 39.9 Å². The van der Waals surface area contributed by atoms with Crippen LogP contribution in [-0.2, 0) is 17.3 Å². The number of hydrogen-bond acceptors (Lipinski definition) is 5. The number of nitrogens with one attached hydrogen (secondary N) is 1. The van der Waals surface area contributed by atoms with Gasteiger partial charge >= 0.3 is 5.69 Å². The molecule has 3 heterocycles. The van der Waals surface area contributed by atoms with Crippen LogP contribution in [0, 0.1) is 11.3 Å². The van der Waals surface area contributed by atoms with Crippen LogP contribution >= 0.6 is 0 Å². The molecule has 2 aromatic carbocycles. The van der Waals surface area contributed by atoms with Gasteiger partial charge in [-0.1, -0.05) is 24.3 Å². The lowest BCUT2D eigenvalue weighted by Crippen LogP contribution is -2.21. The van der Waals surface area contributed by atoms with Crippen molar-refractivity contribution in [1.82, 2.24) is 19.1 Å². The van der Waals surface area contributed by atoms with Crippen LogP contribution in [0.2, 0.25) is 0 Å². The fourth-order valence-electron chi connectivity index (χ4n) is 4.47. The quantitative estimate of drug-likeness (QED) is 0.330. The smallest absolute Gasteiger partial charge is 0.307 e. The lowest BCUT2D eigenvalue weighted by Gasteiger charge is -2.16. The lowest BCUT2D eigenvalue weighted by molar-refractivity contribution is -0.111. The van der Waals surface area contributed by atoms with E-state index >= 15 is 0 Å². The standard InChI is InChI=1S/C30H26N6O2/c1-5-6-27(37)34-26-14-8-20(16-33-26)19-7-13-24-23(15-19)28-25(17-32-24)35(4)29(38)36(28)22-11-9-21(10-12-22)30(2,3)18-31/h5-17H,1-4H3,(H,33,34,37)/b6-5+. The third-order valence-corrected chi connectivity index (χ3v) is 6.68. The van der Waals surface area contributed by atoms with Gasteiger partial charge in [0, 0.05) is 24.2 Å². The van der Waals surface area contributed by atoms with Crippen molar-refractivity contribution in [2.75, 3.05) is 5.32 Å². The number of amides is 1. The average Bonchev–Trinajstić information content (AvgIpc) is 3.19. The highest BCUT2D eigenvalue weighted by Gasteiger charge is 2.21. The molecule has 0 fully saturated rings. The summed E-state index contributed by atoms with van der Waals surface area (Å²) >= 11 is 0. The molecular formula is C30H26N6O2. The first kappa shape index (κ1) is 24.7. The van der Waals surface area contributed by atoms with Gasteiger partial charge in [0.25, 0.3) is 0 Å². The molecule has 5 aromatic rings. The van der Waals surface area contributed by atoms with E-state index in [1.807, 2.05) is 62.4 Å². The Balaban J connectivity index is 1.64. The van der Waals surface area contributed by atoms with Crippen LogP contribution in [0.3, 0.4) is 0 Å². The number of allylic oxidation sites excluding steroid dienone is 1. The predicted molar refractivity (Wildman–Crippen MR) is 149 cm³/mol. The van der Waals surface area contributed by atoms with Crippen molar-refractivity contribution in [2.45, 2.75) is 26.2 Å². The average molecular weight is 503 g/mol. The molecule has 0 bridgehead atoms. The number of nitriles is 1. The van der Waals surface area contributed by atoms with Gasteiger partial charge in [-0.2, -0.15) is 5.26 Å². The minimum absolute atomic E-state index is 0.185. The summed E-state index contributed by atoms with van der Waals surface area (Å²) in [7, 11) is 1.73. The number of aromatic nitrogens is 4. The van der Waals surface area contributed by atoms with Crippen LogP contribution in [0.5, 0.6) is 0 Å². The number of rotatable bonds is 5. The van der Waals surface area contributed by atoms with Gasteiger partial charge in [0.1, 0.15) is 5.82 Å². The Morgan fingerprint density at radius 2 is 1.76 bits per heavy atom. The summed E-state index contributed by atoms with van der Waals surface area (Å²) in [5.41, 5.74) is 4.75. The number of aryl methyl sites for hydroxylation is 1. The van der Waals surface area contributed by atoms with E-state index in [1.54, 1.807) is 47.6 Å². The van der Waals surface area contributed by atoms with Crippen molar-refractivity contribution >= 4 is 33.7 Å². The molecule has 0 aliphatic carbocycles. The summed E-state index contributed by atoms with van der Waals surface area (Å²) in [4.78, 5) is 34.2. The molecule has 8 nitrogen and oxygen atoms in total. The Labute approximate surface area is 219 Å². The molecular weight excluding hydrogens is 476 g/mol. The maximum absolute atomic E-state index is 13.4. The molecule has 38 heavy (non-hydrogen) atoms. The van der Waals surface area contributed by atoms with Crippen molar-refractivity contribution < 1.29 is 4.79 Å². The van der Waals surface area contributed by atoms with Gasteiger partial charge in [0.2, 0.25) is 5.91 Å². The van der Waals surface area contributed by atoms with Crippen molar-refractivity contribution in [3.05, 3.63) is 95.2 Å². The monoisotopic (exact) mass is 502 g/mol. The first-order valence-electron chi connectivity index (χ1n) is 12.2. The Bertz CT molecular complexity index is 1820. The van der Waals surface area contributed by atoms with Gasteiger partial charge < -0.3 is 5.32 Å². The maximum Gasteiger partial charge on any atom is 0.333 e. The van der Waals surface area contributed by atoms with E-state index in [-0.39, 0.29) is 11.6 Å².